The topological polar surface area (TPSA) is 38.1 Å². The second-order valence-electron chi connectivity index (χ2n) is 4.14. The Labute approximate surface area is 109 Å². The third-order valence-electron chi connectivity index (χ3n) is 2.44. The van der Waals surface area contributed by atoms with Crippen LogP contribution in [-0.2, 0) is 6.54 Å². The van der Waals surface area contributed by atoms with Crippen LogP contribution in [0.25, 0.3) is 11.3 Å². The van der Waals surface area contributed by atoms with Crippen molar-refractivity contribution in [3.05, 3.63) is 40.8 Å². The number of nitrogens with zero attached hydrogens (tertiary/aromatic N) is 1. The highest BCUT2D eigenvalue weighted by atomic mass is 79.9. The summed E-state index contributed by atoms with van der Waals surface area (Å²) in [5, 5.41) is 3.34. The molecule has 0 atom stereocenters. The second kappa shape index (κ2) is 5.47. The van der Waals surface area contributed by atoms with Crippen molar-refractivity contribution in [1.29, 1.82) is 0 Å². The summed E-state index contributed by atoms with van der Waals surface area (Å²) in [6, 6.07) is 8.41. The van der Waals surface area contributed by atoms with Crippen molar-refractivity contribution in [2.24, 2.45) is 0 Å². The number of hydrogen-bond acceptors (Lipinski definition) is 3. The van der Waals surface area contributed by atoms with E-state index in [-0.39, 0.29) is 0 Å². The first-order valence-corrected chi connectivity index (χ1v) is 6.38. The normalized spacial score (nSPS) is 11.1. The minimum atomic E-state index is 0.429. The smallest absolute Gasteiger partial charge is 0.181 e. The third kappa shape index (κ3) is 2.96. The summed E-state index contributed by atoms with van der Waals surface area (Å²) in [5.41, 5.74) is 1.97. The van der Waals surface area contributed by atoms with Gasteiger partial charge in [0.15, 0.2) is 12.2 Å². The highest BCUT2D eigenvalue weighted by Crippen LogP contribution is 2.30. The largest absolute Gasteiger partial charge is 0.443 e. The Kier molecular flexibility index (Phi) is 3.97. The van der Waals surface area contributed by atoms with Crippen molar-refractivity contribution in [3.63, 3.8) is 0 Å². The third-order valence-corrected chi connectivity index (χ3v) is 3.13. The zero-order chi connectivity index (χ0) is 12.3. The van der Waals surface area contributed by atoms with Gasteiger partial charge >= 0.3 is 0 Å². The van der Waals surface area contributed by atoms with Crippen molar-refractivity contribution < 1.29 is 4.42 Å². The molecule has 1 aromatic heterocycles. The maximum absolute atomic E-state index is 5.48. The fraction of sp³-hybridized carbons (Fsp3) is 0.308. The first-order chi connectivity index (χ1) is 8.18. The van der Waals surface area contributed by atoms with Gasteiger partial charge in [-0.25, -0.2) is 4.98 Å². The number of oxazole rings is 1. The van der Waals surface area contributed by atoms with Gasteiger partial charge in [-0.1, -0.05) is 48.0 Å². The minimum Gasteiger partial charge on any atom is -0.443 e. The Balaban J connectivity index is 2.28. The number of rotatable bonds is 4. The molecule has 2 aromatic rings. The quantitative estimate of drug-likeness (QED) is 0.936. The second-order valence-corrected chi connectivity index (χ2v) is 5.00. The molecule has 0 saturated carbocycles. The summed E-state index contributed by atoms with van der Waals surface area (Å²) in [6.45, 7) is 4.93. The maximum Gasteiger partial charge on any atom is 0.181 e. The first kappa shape index (κ1) is 12.3. The number of halogens is 1. The Hall–Kier alpha value is -1.13. The summed E-state index contributed by atoms with van der Waals surface area (Å²) in [4.78, 5) is 4.26. The van der Waals surface area contributed by atoms with Gasteiger partial charge < -0.3 is 9.73 Å². The van der Waals surface area contributed by atoms with Crippen LogP contribution >= 0.6 is 15.9 Å². The van der Waals surface area contributed by atoms with E-state index in [0.717, 1.165) is 21.5 Å². The van der Waals surface area contributed by atoms with Crippen LogP contribution in [0.15, 0.2) is 39.5 Å². The summed E-state index contributed by atoms with van der Waals surface area (Å²) in [5.74, 6) is 0.825. The number of aromatic nitrogens is 1. The van der Waals surface area contributed by atoms with Crippen molar-refractivity contribution in [2.75, 3.05) is 0 Å². The van der Waals surface area contributed by atoms with E-state index in [9.17, 15) is 0 Å². The summed E-state index contributed by atoms with van der Waals surface area (Å²) in [6.07, 6.45) is 1.49. The van der Waals surface area contributed by atoms with Gasteiger partial charge in [0, 0.05) is 22.6 Å². The zero-order valence-corrected chi connectivity index (χ0v) is 11.5. The van der Waals surface area contributed by atoms with Crippen LogP contribution in [0.5, 0.6) is 0 Å². The molecule has 0 aliphatic heterocycles. The lowest BCUT2D eigenvalue weighted by Gasteiger charge is -2.07. The Morgan fingerprint density at radius 2 is 2.12 bits per heavy atom. The first-order valence-electron chi connectivity index (χ1n) is 5.59. The van der Waals surface area contributed by atoms with Crippen molar-refractivity contribution in [3.8, 4) is 11.3 Å². The van der Waals surface area contributed by atoms with Crippen molar-refractivity contribution in [2.45, 2.75) is 26.4 Å². The summed E-state index contributed by atoms with van der Waals surface area (Å²) < 4.78 is 6.50. The molecule has 0 bridgehead atoms. The Morgan fingerprint density at radius 3 is 2.82 bits per heavy atom. The molecule has 0 saturated heterocycles. The monoisotopic (exact) mass is 294 g/mol. The van der Waals surface area contributed by atoms with Gasteiger partial charge in [0.25, 0.3) is 0 Å². The van der Waals surface area contributed by atoms with Crippen molar-refractivity contribution in [1.82, 2.24) is 10.3 Å². The van der Waals surface area contributed by atoms with Gasteiger partial charge in [0.05, 0.1) is 0 Å². The summed E-state index contributed by atoms with van der Waals surface area (Å²) in [7, 11) is 0. The van der Waals surface area contributed by atoms with E-state index in [1.54, 1.807) is 0 Å². The van der Waals surface area contributed by atoms with Gasteiger partial charge in [-0.05, 0) is 6.07 Å². The zero-order valence-electron chi connectivity index (χ0n) is 9.90. The summed E-state index contributed by atoms with van der Waals surface area (Å²) >= 11 is 3.52. The average molecular weight is 295 g/mol. The molecule has 0 spiro atoms. The van der Waals surface area contributed by atoms with Gasteiger partial charge in [0.1, 0.15) is 5.69 Å². The van der Waals surface area contributed by atoms with Gasteiger partial charge in [0.2, 0.25) is 0 Å². The number of hydrogen-bond donors (Lipinski definition) is 1. The highest BCUT2D eigenvalue weighted by molar-refractivity contribution is 9.10. The van der Waals surface area contributed by atoms with Crippen LogP contribution in [0, 0.1) is 0 Å². The molecule has 1 aromatic carbocycles. The predicted molar refractivity (Wildman–Crippen MR) is 71.6 cm³/mol. The molecule has 2 rings (SSSR count). The van der Waals surface area contributed by atoms with E-state index >= 15 is 0 Å². The van der Waals surface area contributed by atoms with Crippen LogP contribution in [-0.4, -0.2) is 11.0 Å². The van der Waals surface area contributed by atoms with Crippen LogP contribution in [0.2, 0.25) is 0 Å². The molecule has 0 fully saturated rings. The molecule has 0 radical (unpaired) electrons. The molecule has 0 aliphatic rings. The fourth-order valence-corrected chi connectivity index (χ4v) is 2.03. The maximum atomic E-state index is 5.48. The van der Waals surface area contributed by atoms with Gasteiger partial charge in [-0.3, -0.25) is 0 Å². The molecule has 0 aliphatic carbocycles. The molecule has 90 valence electrons. The van der Waals surface area contributed by atoms with E-state index in [1.807, 2.05) is 24.3 Å². The van der Waals surface area contributed by atoms with Crippen LogP contribution in [0.4, 0.5) is 0 Å². The molecule has 1 N–H and O–H groups in total. The lowest BCUT2D eigenvalue weighted by molar-refractivity contribution is 0.562. The number of benzene rings is 1. The van der Waals surface area contributed by atoms with E-state index < -0.39 is 0 Å². The van der Waals surface area contributed by atoms with Crippen molar-refractivity contribution >= 4 is 15.9 Å². The lowest BCUT2D eigenvalue weighted by Crippen LogP contribution is -2.22. The van der Waals surface area contributed by atoms with E-state index in [0.29, 0.717) is 12.6 Å². The lowest BCUT2D eigenvalue weighted by atomic mass is 10.1. The van der Waals surface area contributed by atoms with E-state index in [1.165, 1.54) is 6.39 Å². The Morgan fingerprint density at radius 1 is 1.35 bits per heavy atom. The molecule has 4 heteroatoms. The highest BCUT2D eigenvalue weighted by Gasteiger charge is 2.13. The predicted octanol–water partition coefficient (Wildman–Crippen LogP) is 3.60. The molecular weight excluding hydrogens is 280 g/mol. The molecule has 0 amide bonds. The van der Waals surface area contributed by atoms with Crippen LogP contribution in [0.3, 0.4) is 0 Å². The molecular formula is C13H15BrN2O. The molecule has 1 heterocycles. The van der Waals surface area contributed by atoms with Crippen LogP contribution < -0.4 is 5.32 Å². The molecule has 17 heavy (non-hydrogen) atoms. The van der Waals surface area contributed by atoms with E-state index in [2.05, 4.69) is 40.1 Å². The van der Waals surface area contributed by atoms with Gasteiger partial charge in [-0.15, -0.1) is 0 Å². The standard InChI is InChI=1S/C13H15BrN2O/c1-9(2)15-7-12-13(17-8-16-12)10-5-3-4-6-11(10)14/h3-6,8-9,15H,7H2,1-2H3. The van der Waals surface area contributed by atoms with Crippen LogP contribution in [0.1, 0.15) is 19.5 Å². The van der Waals surface area contributed by atoms with Gasteiger partial charge in [-0.2, -0.15) is 0 Å². The Bertz CT molecular complexity index is 494. The fourth-order valence-electron chi connectivity index (χ4n) is 1.56. The number of nitrogens with one attached hydrogen (secondary N) is 1. The van der Waals surface area contributed by atoms with E-state index in [4.69, 9.17) is 4.42 Å². The molecule has 0 unspecified atom stereocenters. The average Bonchev–Trinajstić information content (AvgIpc) is 2.75. The SMILES string of the molecule is CC(C)NCc1ncoc1-c1ccccc1Br. The minimum absolute atomic E-state index is 0.429. The molecule has 3 nitrogen and oxygen atoms in total.